The number of allylic oxidation sites excluding steroid dienone is 15. The second kappa shape index (κ2) is 52.3. The molecule has 11 nitrogen and oxygen atoms in total. The molecule has 1 aliphatic rings. The molecule has 76 heavy (non-hydrogen) atoms. The highest BCUT2D eigenvalue weighted by Gasteiger charge is 2.47. The molecule has 1 heterocycles. The maximum atomic E-state index is 13.4. The summed E-state index contributed by atoms with van der Waals surface area (Å²) in [5.74, 6) is -1.26. The van der Waals surface area contributed by atoms with Crippen molar-refractivity contribution in [1.82, 2.24) is 5.32 Å². The van der Waals surface area contributed by atoms with Gasteiger partial charge in [0.25, 0.3) is 0 Å². The summed E-state index contributed by atoms with van der Waals surface area (Å²) in [6.45, 7) is 5.69. The quantitative estimate of drug-likeness (QED) is 0.0195. The first-order valence-corrected chi connectivity index (χ1v) is 30.5. The van der Waals surface area contributed by atoms with Crippen LogP contribution in [0.1, 0.15) is 239 Å². The Morgan fingerprint density at radius 1 is 0.513 bits per heavy atom. The zero-order chi connectivity index (χ0) is 55.4. The van der Waals surface area contributed by atoms with E-state index in [4.69, 9.17) is 14.2 Å². The zero-order valence-corrected chi connectivity index (χ0v) is 48.1. The van der Waals surface area contributed by atoms with Crippen LogP contribution in [0.5, 0.6) is 0 Å². The summed E-state index contributed by atoms with van der Waals surface area (Å²) < 4.78 is 17.6. The molecule has 0 saturated carbocycles. The number of amides is 1. The van der Waals surface area contributed by atoms with Crippen LogP contribution in [0.4, 0.5) is 0 Å². The molecule has 1 aliphatic heterocycles. The van der Waals surface area contributed by atoms with Crippen molar-refractivity contribution >= 4 is 11.9 Å². The van der Waals surface area contributed by atoms with E-state index >= 15 is 0 Å². The number of esters is 1. The molecule has 1 rings (SSSR count). The highest BCUT2D eigenvalue weighted by molar-refractivity contribution is 5.80. The first-order valence-electron chi connectivity index (χ1n) is 30.5. The van der Waals surface area contributed by atoms with E-state index in [-0.39, 0.29) is 19.4 Å². The number of hydrogen-bond acceptors (Lipinski definition) is 10. The van der Waals surface area contributed by atoms with Gasteiger partial charge in [0.05, 0.1) is 25.4 Å². The summed E-state index contributed by atoms with van der Waals surface area (Å²) >= 11 is 0. The molecule has 0 aliphatic carbocycles. The third-order valence-electron chi connectivity index (χ3n) is 13.7. The standard InChI is InChI=1S/C65H111NO10/c1-4-7-10-13-16-19-22-25-27-29-30-31-33-35-38-41-44-47-50-53-60(70)76-63-62(72)61(71)59(54-67)75-65(63)74-55-56(57(68)51-48-45-42-39-36-24-21-18-15-12-9-6-3)66-64(73)58(69)52-49-46-43-40-37-34-32-28-26-23-20-17-14-11-8-5-2/h16-17,19-20,25-28,30-31,34-35,37-38,48,51,56-59,61-63,65,67-69,71-72H,4-15,18,21-24,29,32-33,36,39-47,49-50,52-55H2,1-3H3,(H,66,73)/b19-16-,20-17-,27-25-,28-26-,31-30-,37-34-,38-35-,51-48+. The molecule has 436 valence electrons. The second-order valence-corrected chi connectivity index (χ2v) is 20.7. The van der Waals surface area contributed by atoms with E-state index in [0.29, 0.717) is 12.8 Å². The van der Waals surface area contributed by atoms with Gasteiger partial charge in [0.2, 0.25) is 5.91 Å². The van der Waals surface area contributed by atoms with E-state index in [2.05, 4.69) is 111 Å². The van der Waals surface area contributed by atoms with Crippen LogP contribution in [0, 0.1) is 0 Å². The summed E-state index contributed by atoms with van der Waals surface area (Å²) in [6, 6.07) is -1.05. The molecule has 0 aromatic heterocycles. The minimum atomic E-state index is -1.64. The lowest BCUT2D eigenvalue weighted by Crippen LogP contribution is -2.61. The van der Waals surface area contributed by atoms with Crippen LogP contribution in [0.15, 0.2) is 97.2 Å². The van der Waals surface area contributed by atoms with Gasteiger partial charge >= 0.3 is 5.97 Å². The molecular weight excluding hydrogens is 955 g/mol. The third kappa shape index (κ3) is 39.9. The SMILES string of the molecule is CCCCC/C=C\C/C=C\C/C=C\C/C=C\CCCCCC(=O)OC1C(OCC(NC(=O)C(O)CCCCC/C=C\C/C=C\C/C=C\CCCCC)C(O)/C=C/CCCCCCCCCCCC)OC(CO)C(O)C1O. The van der Waals surface area contributed by atoms with Crippen LogP contribution in [0.25, 0.3) is 0 Å². The number of carbonyl (C=O) groups is 2. The van der Waals surface area contributed by atoms with E-state index in [1.54, 1.807) is 6.08 Å². The average Bonchev–Trinajstić information content (AvgIpc) is 3.42. The van der Waals surface area contributed by atoms with Crippen molar-refractivity contribution in [2.24, 2.45) is 0 Å². The van der Waals surface area contributed by atoms with Gasteiger partial charge in [0, 0.05) is 6.42 Å². The van der Waals surface area contributed by atoms with Crippen LogP contribution >= 0.6 is 0 Å². The predicted octanol–water partition coefficient (Wildman–Crippen LogP) is 14.3. The molecule has 0 aromatic carbocycles. The Morgan fingerprint density at radius 2 is 0.908 bits per heavy atom. The van der Waals surface area contributed by atoms with Crippen molar-refractivity contribution in [3.05, 3.63) is 97.2 Å². The Kier molecular flexibility index (Phi) is 48.6. The fraction of sp³-hybridized carbons (Fsp3) is 0.723. The van der Waals surface area contributed by atoms with Crippen LogP contribution < -0.4 is 5.32 Å². The van der Waals surface area contributed by atoms with Crippen LogP contribution in [-0.2, 0) is 23.8 Å². The minimum Gasteiger partial charge on any atom is -0.454 e. The van der Waals surface area contributed by atoms with Crippen LogP contribution in [0.3, 0.4) is 0 Å². The van der Waals surface area contributed by atoms with Crippen molar-refractivity contribution in [1.29, 1.82) is 0 Å². The molecule has 11 heteroatoms. The van der Waals surface area contributed by atoms with Gasteiger partial charge in [-0.3, -0.25) is 9.59 Å². The molecule has 8 unspecified atom stereocenters. The lowest BCUT2D eigenvalue weighted by Gasteiger charge is -2.41. The Bertz CT molecular complexity index is 1600. The number of unbranched alkanes of at least 4 members (excludes halogenated alkanes) is 22. The number of hydrogen-bond donors (Lipinski definition) is 6. The lowest BCUT2D eigenvalue weighted by atomic mass is 9.99. The number of aliphatic hydroxyl groups excluding tert-OH is 5. The highest BCUT2D eigenvalue weighted by Crippen LogP contribution is 2.26. The zero-order valence-electron chi connectivity index (χ0n) is 48.1. The molecular formula is C65H111NO10. The fourth-order valence-corrected chi connectivity index (χ4v) is 8.82. The Balaban J connectivity index is 2.74. The van der Waals surface area contributed by atoms with Gasteiger partial charge in [-0.15, -0.1) is 0 Å². The van der Waals surface area contributed by atoms with Crippen molar-refractivity contribution in [3.63, 3.8) is 0 Å². The van der Waals surface area contributed by atoms with Crippen molar-refractivity contribution in [2.45, 2.75) is 288 Å². The minimum absolute atomic E-state index is 0.0785. The lowest BCUT2D eigenvalue weighted by molar-refractivity contribution is -0.305. The summed E-state index contributed by atoms with van der Waals surface area (Å²) in [7, 11) is 0. The Morgan fingerprint density at radius 3 is 1.38 bits per heavy atom. The predicted molar refractivity (Wildman–Crippen MR) is 315 cm³/mol. The molecule has 0 aromatic rings. The molecule has 1 fully saturated rings. The monoisotopic (exact) mass is 1070 g/mol. The average molecular weight is 1070 g/mol. The molecule has 6 N–H and O–H groups in total. The van der Waals surface area contributed by atoms with Crippen molar-refractivity contribution in [2.75, 3.05) is 13.2 Å². The van der Waals surface area contributed by atoms with E-state index in [9.17, 15) is 35.1 Å². The molecule has 1 saturated heterocycles. The summed E-state index contributed by atoms with van der Waals surface area (Å²) in [5, 5.41) is 56.9. The van der Waals surface area contributed by atoms with Gasteiger partial charge in [-0.1, -0.05) is 221 Å². The normalized spacial score (nSPS) is 19.8. The third-order valence-corrected chi connectivity index (χ3v) is 13.7. The highest BCUT2D eigenvalue weighted by atomic mass is 16.7. The summed E-state index contributed by atoms with van der Waals surface area (Å²) in [4.78, 5) is 26.5. The van der Waals surface area contributed by atoms with Crippen LogP contribution in [-0.4, -0.2) is 99.6 Å². The smallest absolute Gasteiger partial charge is 0.306 e. The largest absolute Gasteiger partial charge is 0.454 e. The van der Waals surface area contributed by atoms with Gasteiger partial charge in [0.1, 0.15) is 24.4 Å². The molecule has 1 amide bonds. The first-order chi connectivity index (χ1) is 37.2. The number of ether oxygens (including phenoxy) is 3. The molecule has 0 bridgehead atoms. The maximum absolute atomic E-state index is 13.4. The maximum Gasteiger partial charge on any atom is 0.306 e. The summed E-state index contributed by atoms with van der Waals surface area (Å²) in [6.07, 6.45) is 58.7. The van der Waals surface area contributed by atoms with E-state index in [1.165, 1.54) is 89.9 Å². The van der Waals surface area contributed by atoms with Crippen molar-refractivity contribution in [3.8, 4) is 0 Å². The topological polar surface area (TPSA) is 175 Å². The van der Waals surface area contributed by atoms with Crippen LogP contribution in [0.2, 0.25) is 0 Å². The molecule has 0 spiro atoms. The van der Waals surface area contributed by atoms with E-state index in [0.717, 1.165) is 103 Å². The Labute approximate surface area is 463 Å². The second-order valence-electron chi connectivity index (χ2n) is 20.7. The van der Waals surface area contributed by atoms with Gasteiger partial charge < -0.3 is 45.1 Å². The van der Waals surface area contributed by atoms with Crippen molar-refractivity contribution < 1.29 is 49.3 Å². The van der Waals surface area contributed by atoms with E-state index in [1.807, 2.05) is 6.08 Å². The van der Waals surface area contributed by atoms with Gasteiger partial charge in [-0.05, 0) is 109 Å². The van der Waals surface area contributed by atoms with E-state index < -0.39 is 67.4 Å². The number of rotatable bonds is 50. The number of carbonyl (C=O) groups excluding carboxylic acids is 2. The number of nitrogens with one attached hydrogen (secondary N) is 1. The summed E-state index contributed by atoms with van der Waals surface area (Å²) in [5.41, 5.74) is 0. The number of aliphatic hydroxyl groups is 5. The first kappa shape index (κ1) is 70.6. The van der Waals surface area contributed by atoms with Gasteiger partial charge in [-0.25, -0.2) is 0 Å². The van der Waals surface area contributed by atoms with Gasteiger partial charge in [-0.2, -0.15) is 0 Å². The fourth-order valence-electron chi connectivity index (χ4n) is 8.82. The van der Waals surface area contributed by atoms with Gasteiger partial charge in [0.15, 0.2) is 12.4 Å². The molecule has 8 atom stereocenters. The Hall–Kier alpha value is -3.42. The molecule has 0 radical (unpaired) electrons.